The van der Waals surface area contributed by atoms with E-state index in [1.807, 2.05) is 25.1 Å². The Balaban J connectivity index is 1.57. The van der Waals surface area contributed by atoms with Gasteiger partial charge in [0.25, 0.3) is 0 Å². The number of hydrogen-bond donors (Lipinski definition) is 1. The highest BCUT2D eigenvalue weighted by atomic mass is 19.1. The van der Waals surface area contributed by atoms with Crippen molar-refractivity contribution >= 4 is 29.1 Å². The van der Waals surface area contributed by atoms with E-state index in [1.54, 1.807) is 6.07 Å². The van der Waals surface area contributed by atoms with Gasteiger partial charge in [-0.25, -0.2) is 9.29 Å². The number of hydrogen-bond acceptors (Lipinski definition) is 4. The van der Waals surface area contributed by atoms with Crippen molar-refractivity contribution in [2.45, 2.75) is 37.8 Å². The standard InChI is InChI=1S/C24H22FN3O3/c1-2-13-9-10-16-14(12-13)24(23(31)26-16)20-19(18-8-5-11-27(18)24)21(29)28(22(20)30)17-7-4-3-6-15(17)25/h3-4,6-7,9-10,12,18-20H,2,5,8,11H2,1H3,(H,26,31)/t18-,19+,20-,24+/m0/s1. The van der Waals surface area contributed by atoms with E-state index in [4.69, 9.17) is 0 Å². The second-order valence-corrected chi connectivity index (χ2v) is 8.82. The molecule has 3 saturated heterocycles. The van der Waals surface area contributed by atoms with Gasteiger partial charge in [-0.05, 0) is 49.6 Å². The molecule has 6 rings (SSSR count). The Morgan fingerprint density at radius 1 is 1.13 bits per heavy atom. The van der Waals surface area contributed by atoms with Crippen molar-refractivity contribution in [3.63, 3.8) is 0 Å². The maximum Gasteiger partial charge on any atom is 0.250 e. The van der Waals surface area contributed by atoms with E-state index in [2.05, 4.69) is 10.2 Å². The normalized spacial score (nSPS) is 31.4. The van der Waals surface area contributed by atoms with Crippen LogP contribution in [-0.2, 0) is 26.3 Å². The molecular formula is C24H22FN3O3. The minimum Gasteiger partial charge on any atom is -0.324 e. The zero-order valence-corrected chi connectivity index (χ0v) is 17.1. The number of rotatable bonds is 2. The molecule has 3 amide bonds. The molecule has 1 spiro atoms. The summed E-state index contributed by atoms with van der Waals surface area (Å²) in [5.41, 5.74) is 1.27. The van der Waals surface area contributed by atoms with Gasteiger partial charge in [0.15, 0.2) is 0 Å². The first-order chi connectivity index (χ1) is 15.0. The lowest BCUT2D eigenvalue weighted by atomic mass is 9.75. The summed E-state index contributed by atoms with van der Waals surface area (Å²) in [4.78, 5) is 44.0. The molecule has 2 aromatic rings. The van der Waals surface area contributed by atoms with E-state index >= 15 is 0 Å². The molecule has 7 heteroatoms. The van der Waals surface area contributed by atoms with Crippen LogP contribution in [0.5, 0.6) is 0 Å². The quantitative estimate of drug-likeness (QED) is 0.760. The van der Waals surface area contributed by atoms with Crippen molar-refractivity contribution in [1.29, 1.82) is 0 Å². The average Bonchev–Trinajstić information content (AvgIpc) is 3.47. The van der Waals surface area contributed by atoms with Gasteiger partial charge in [-0.1, -0.05) is 31.2 Å². The van der Waals surface area contributed by atoms with Crippen LogP contribution >= 0.6 is 0 Å². The number of benzene rings is 2. The summed E-state index contributed by atoms with van der Waals surface area (Å²) in [6.07, 6.45) is 2.39. The monoisotopic (exact) mass is 419 g/mol. The van der Waals surface area contributed by atoms with E-state index < -0.39 is 35.0 Å². The molecule has 2 aromatic carbocycles. The third kappa shape index (κ3) is 2.12. The molecule has 1 N–H and O–H groups in total. The number of carbonyl (C=O) groups is 3. The molecule has 3 fully saturated rings. The molecule has 4 aliphatic heterocycles. The summed E-state index contributed by atoms with van der Waals surface area (Å²) >= 11 is 0. The van der Waals surface area contributed by atoms with E-state index in [9.17, 15) is 18.8 Å². The molecule has 0 radical (unpaired) electrons. The van der Waals surface area contributed by atoms with Crippen LogP contribution < -0.4 is 10.2 Å². The van der Waals surface area contributed by atoms with Gasteiger partial charge in [0.05, 0.1) is 17.5 Å². The van der Waals surface area contributed by atoms with Crippen molar-refractivity contribution in [3.8, 4) is 0 Å². The van der Waals surface area contributed by atoms with Crippen molar-refractivity contribution in [1.82, 2.24) is 4.90 Å². The zero-order valence-electron chi connectivity index (χ0n) is 17.1. The molecule has 0 bridgehead atoms. The topological polar surface area (TPSA) is 69.7 Å². The Kier molecular flexibility index (Phi) is 3.76. The minimum absolute atomic E-state index is 0.0347. The van der Waals surface area contributed by atoms with Crippen LogP contribution in [0.1, 0.15) is 30.9 Å². The average molecular weight is 419 g/mol. The van der Waals surface area contributed by atoms with E-state index in [0.29, 0.717) is 12.2 Å². The molecule has 4 heterocycles. The Hall–Kier alpha value is -3.06. The summed E-state index contributed by atoms with van der Waals surface area (Å²) in [5.74, 6) is -3.28. The van der Waals surface area contributed by atoms with Crippen LogP contribution in [0.25, 0.3) is 0 Å². The van der Waals surface area contributed by atoms with E-state index in [1.165, 1.54) is 18.2 Å². The maximum absolute atomic E-state index is 14.6. The van der Waals surface area contributed by atoms with Gasteiger partial charge < -0.3 is 5.32 Å². The van der Waals surface area contributed by atoms with Crippen LogP contribution in [0.4, 0.5) is 15.8 Å². The summed E-state index contributed by atoms with van der Waals surface area (Å²) in [7, 11) is 0. The molecular weight excluding hydrogens is 397 g/mol. The number of para-hydroxylation sites is 1. The van der Waals surface area contributed by atoms with Gasteiger partial charge in [0.2, 0.25) is 17.7 Å². The number of carbonyl (C=O) groups excluding carboxylic acids is 3. The highest BCUT2D eigenvalue weighted by molar-refractivity contribution is 6.25. The van der Waals surface area contributed by atoms with Crippen LogP contribution in [0, 0.1) is 17.7 Å². The van der Waals surface area contributed by atoms with Gasteiger partial charge in [-0.2, -0.15) is 0 Å². The molecule has 0 saturated carbocycles. The maximum atomic E-state index is 14.6. The third-order valence-corrected chi connectivity index (χ3v) is 7.56. The SMILES string of the molecule is CCc1ccc2c(c1)[C@]1(C(=O)N2)[C@@H]2C(=O)N(c3ccccc3F)C(=O)[C@@H]2[C@@H]2CCCN21. The van der Waals surface area contributed by atoms with Gasteiger partial charge in [-0.3, -0.25) is 19.3 Å². The van der Waals surface area contributed by atoms with Gasteiger partial charge in [-0.15, -0.1) is 0 Å². The van der Waals surface area contributed by atoms with Gasteiger partial charge in [0.1, 0.15) is 11.4 Å². The van der Waals surface area contributed by atoms with Crippen molar-refractivity contribution in [2.75, 3.05) is 16.8 Å². The number of nitrogens with zero attached hydrogens (tertiary/aromatic N) is 2. The number of anilines is 2. The second kappa shape index (κ2) is 6.23. The number of fused-ring (bicyclic) bond motifs is 7. The van der Waals surface area contributed by atoms with Gasteiger partial charge in [0, 0.05) is 17.3 Å². The number of halogens is 1. The van der Waals surface area contributed by atoms with E-state index in [0.717, 1.165) is 35.3 Å². The summed E-state index contributed by atoms with van der Waals surface area (Å²) < 4.78 is 14.6. The third-order valence-electron chi connectivity index (χ3n) is 7.56. The number of imide groups is 1. The first kappa shape index (κ1) is 18.7. The fourth-order valence-electron chi connectivity index (χ4n) is 6.34. The fourth-order valence-corrected chi connectivity index (χ4v) is 6.34. The molecule has 158 valence electrons. The smallest absolute Gasteiger partial charge is 0.250 e. The first-order valence-corrected chi connectivity index (χ1v) is 10.8. The zero-order chi connectivity index (χ0) is 21.5. The number of amides is 3. The molecule has 0 aliphatic carbocycles. The lowest BCUT2D eigenvalue weighted by molar-refractivity contribution is -0.135. The van der Waals surface area contributed by atoms with Crippen LogP contribution in [0.3, 0.4) is 0 Å². The first-order valence-electron chi connectivity index (χ1n) is 10.8. The predicted octanol–water partition coefficient (Wildman–Crippen LogP) is 2.82. The number of nitrogens with one attached hydrogen (secondary N) is 1. The molecule has 0 unspecified atom stereocenters. The summed E-state index contributed by atoms with van der Waals surface area (Å²) in [6.45, 7) is 2.69. The largest absolute Gasteiger partial charge is 0.324 e. The van der Waals surface area contributed by atoms with Crippen LogP contribution in [0.2, 0.25) is 0 Å². The van der Waals surface area contributed by atoms with E-state index in [-0.39, 0.29) is 17.6 Å². The Labute approximate surface area is 179 Å². The summed E-state index contributed by atoms with van der Waals surface area (Å²) in [5, 5.41) is 2.97. The Bertz CT molecular complexity index is 1160. The minimum atomic E-state index is -1.22. The fraction of sp³-hybridized carbons (Fsp3) is 0.375. The molecule has 6 nitrogen and oxygen atoms in total. The Morgan fingerprint density at radius 2 is 1.94 bits per heavy atom. The Morgan fingerprint density at radius 3 is 2.71 bits per heavy atom. The van der Waals surface area contributed by atoms with Crippen molar-refractivity contribution < 1.29 is 18.8 Å². The molecule has 4 atom stereocenters. The highest BCUT2D eigenvalue weighted by Crippen LogP contribution is 2.60. The van der Waals surface area contributed by atoms with Crippen molar-refractivity contribution in [3.05, 3.63) is 59.4 Å². The molecule has 31 heavy (non-hydrogen) atoms. The lowest BCUT2D eigenvalue weighted by Gasteiger charge is -2.36. The highest BCUT2D eigenvalue weighted by Gasteiger charge is 2.74. The molecule has 0 aromatic heterocycles. The van der Waals surface area contributed by atoms with Gasteiger partial charge >= 0.3 is 0 Å². The number of aryl methyl sites for hydroxylation is 1. The molecule has 4 aliphatic rings. The summed E-state index contributed by atoms with van der Waals surface area (Å²) in [6, 6.07) is 11.5. The van der Waals surface area contributed by atoms with Crippen LogP contribution in [-0.4, -0.2) is 35.2 Å². The second-order valence-electron chi connectivity index (χ2n) is 8.82. The van der Waals surface area contributed by atoms with Crippen molar-refractivity contribution in [2.24, 2.45) is 11.8 Å². The van der Waals surface area contributed by atoms with Crippen LogP contribution in [0.15, 0.2) is 42.5 Å². The lowest BCUT2D eigenvalue weighted by Crippen LogP contribution is -2.54. The predicted molar refractivity (Wildman–Crippen MR) is 112 cm³/mol.